The van der Waals surface area contributed by atoms with Gasteiger partial charge in [-0.2, -0.15) is 0 Å². The van der Waals surface area contributed by atoms with Crippen molar-refractivity contribution in [1.82, 2.24) is 4.90 Å². The minimum Gasteiger partial charge on any atom is -0.382 e. The Kier molecular flexibility index (Phi) is 4.70. The predicted octanol–water partition coefficient (Wildman–Crippen LogP) is 4.16. The summed E-state index contributed by atoms with van der Waals surface area (Å²) >= 11 is 0. The van der Waals surface area contributed by atoms with Gasteiger partial charge in [0.2, 0.25) is 5.91 Å². The number of hydrogen-bond donors (Lipinski definition) is 1. The van der Waals surface area contributed by atoms with Crippen molar-refractivity contribution in [3.63, 3.8) is 0 Å². The Bertz CT molecular complexity index is 522. The van der Waals surface area contributed by atoms with Gasteiger partial charge in [0, 0.05) is 24.3 Å². The molecule has 0 spiro atoms. The second-order valence-electron chi connectivity index (χ2n) is 6.84. The van der Waals surface area contributed by atoms with Gasteiger partial charge in [-0.25, -0.2) is 0 Å². The molecule has 2 aliphatic rings. The lowest BCUT2D eigenvalue weighted by Gasteiger charge is -2.38. The van der Waals surface area contributed by atoms with Crippen LogP contribution in [0.3, 0.4) is 0 Å². The Morgan fingerprint density at radius 2 is 1.95 bits per heavy atom. The molecule has 3 heteroatoms. The molecule has 1 amide bonds. The van der Waals surface area contributed by atoms with E-state index in [1.54, 1.807) is 0 Å². The van der Waals surface area contributed by atoms with Gasteiger partial charge < -0.3 is 10.2 Å². The van der Waals surface area contributed by atoms with Crippen molar-refractivity contribution in [1.29, 1.82) is 0 Å². The first kappa shape index (κ1) is 15.4. The number of benzene rings is 1. The van der Waals surface area contributed by atoms with Crippen LogP contribution in [0.4, 0.5) is 5.69 Å². The summed E-state index contributed by atoms with van der Waals surface area (Å²) in [5.74, 6) is 0.365. The molecule has 3 rings (SSSR count). The molecule has 1 aliphatic heterocycles. The van der Waals surface area contributed by atoms with Crippen molar-refractivity contribution in [2.45, 2.75) is 70.4 Å². The monoisotopic (exact) mass is 300 g/mol. The molecule has 22 heavy (non-hydrogen) atoms. The summed E-state index contributed by atoms with van der Waals surface area (Å²) in [6, 6.07) is 9.13. The molecule has 1 N–H and O–H groups in total. The highest BCUT2D eigenvalue weighted by molar-refractivity contribution is 5.86. The average Bonchev–Trinajstić information content (AvgIpc) is 2.55. The summed E-state index contributed by atoms with van der Waals surface area (Å²) in [7, 11) is 0. The summed E-state index contributed by atoms with van der Waals surface area (Å²) in [5, 5.41) is 3.51. The second-order valence-corrected chi connectivity index (χ2v) is 6.84. The zero-order valence-corrected chi connectivity index (χ0v) is 13.8. The van der Waals surface area contributed by atoms with E-state index in [9.17, 15) is 4.79 Å². The Morgan fingerprint density at radius 1 is 1.23 bits per heavy atom. The van der Waals surface area contributed by atoms with Gasteiger partial charge in [-0.05, 0) is 44.7 Å². The quantitative estimate of drug-likeness (QED) is 0.909. The van der Waals surface area contributed by atoms with Gasteiger partial charge in [0.1, 0.15) is 0 Å². The van der Waals surface area contributed by atoms with Gasteiger partial charge in [0.05, 0.1) is 5.92 Å². The molecule has 2 atom stereocenters. The highest BCUT2D eigenvalue weighted by Gasteiger charge is 2.34. The van der Waals surface area contributed by atoms with Crippen molar-refractivity contribution in [2.24, 2.45) is 0 Å². The van der Waals surface area contributed by atoms with Crippen molar-refractivity contribution in [3.05, 3.63) is 29.8 Å². The predicted molar refractivity (Wildman–Crippen MR) is 91.1 cm³/mol. The van der Waals surface area contributed by atoms with Gasteiger partial charge in [-0.15, -0.1) is 0 Å². The van der Waals surface area contributed by atoms with Crippen LogP contribution in [0.1, 0.15) is 63.9 Å². The van der Waals surface area contributed by atoms with Crippen LogP contribution < -0.4 is 5.32 Å². The molecule has 1 aromatic rings. The molecule has 0 aromatic heterocycles. The van der Waals surface area contributed by atoms with Crippen molar-refractivity contribution < 1.29 is 4.79 Å². The Morgan fingerprint density at radius 3 is 2.68 bits per heavy atom. The number of carbonyl (C=O) groups excluding carboxylic acids is 1. The number of fused-ring (bicyclic) bond motifs is 1. The summed E-state index contributed by atoms with van der Waals surface area (Å²) in [6.45, 7) is 5.14. The lowest BCUT2D eigenvalue weighted by atomic mass is 9.85. The van der Waals surface area contributed by atoms with Crippen LogP contribution >= 0.6 is 0 Å². The van der Waals surface area contributed by atoms with Crippen LogP contribution in [-0.2, 0) is 4.79 Å². The number of amides is 1. The number of nitrogens with zero attached hydrogens (tertiary/aromatic N) is 1. The Hall–Kier alpha value is -1.51. The van der Waals surface area contributed by atoms with Crippen LogP contribution in [0.2, 0.25) is 0 Å². The molecular formula is C19H28N2O. The first-order valence-electron chi connectivity index (χ1n) is 8.86. The van der Waals surface area contributed by atoms with Crippen molar-refractivity contribution >= 4 is 11.6 Å². The van der Waals surface area contributed by atoms with E-state index in [1.165, 1.54) is 37.7 Å². The number of nitrogens with one attached hydrogen (secondary N) is 1. The summed E-state index contributed by atoms with van der Waals surface area (Å²) in [4.78, 5) is 15.4. The molecule has 120 valence electrons. The van der Waals surface area contributed by atoms with E-state index < -0.39 is 0 Å². The van der Waals surface area contributed by atoms with Crippen LogP contribution in [0, 0.1) is 0 Å². The minimum atomic E-state index is 0.0225. The molecule has 1 heterocycles. The molecule has 1 saturated carbocycles. The van der Waals surface area contributed by atoms with Crippen LogP contribution in [0.25, 0.3) is 0 Å². The van der Waals surface area contributed by atoms with Gasteiger partial charge in [-0.3, -0.25) is 4.79 Å². The number of carbonyl (C=O) groups is 1. The van der Waals surface area contributed by atoms with E-state index >= 15 is 0 Å². The van der Waals surface area contributed by atoms with Gasteiger partial charge in [0.15, 0.2) is 0 Å². The normalized spacial score (nSPS) is 25.2. The van der Waals surface area contributed by atoms with Crippen LogP contribution in [-0.4, -0.2) is 29.4 Å². The summed E-state index contributed by atoms with van der Waals surface area (Å²) in [5.41, 5.74) is 2.32. The Balaban J connectivity index is 1.84. The largest absolute Gasteiger partial charge is 0.382 e. The third-order valence-electron chi connectivity index (χ3n) is 5.26. The van der Waals surface area contributed by atoms with Crippen LogP contribution in [0.15, 0.2) is 24.3 Å². The number of rotatable bonds is 3. The van der Waals surface area contributed by atoms with Crippen molar-refractivity contribution in [3.8, 4) is 0 Å². The first-order valence-corrected chi connectivity index (χ1v) is 8.86. The molecule has 1 fully saturated rings. The fourth-order valence-corrected chi connectivity index (χ4v) is 4.16. The van der Waals surface area contributed by atoms with Gasteiger partial charge >= 0.3 is 0 Å². The fraction of sp³-hybridized carbons (Fsp3) is 0.632. The summed E-state index contributed by atoms with van der Waals surface area (Å²) < 4.78 is 0. The molecule has 3 nitrogen and oxygen atoms in total. The van der Waals surface area contributed by atoms with Crippen LogP contribution in [0.5, 0.6) is 0 Å². The maximum atomic E-state index is 13.2. The fourth-order valence-electron chi connectivity index (χ4n) is 4.16. The van der Waals surface area contributed by atoms with E-state index in [2.05, 4.69) is 36.2 Å². The standard InChI is InChI=1S/C19H28N2O/c1-3-21(15-9-5-4-6-10-15)19(22)17-13-14(2)20-18-12-8-7-11-16(17)18/h7-8,11-12,14-15,17,20H,3-6,9-10,13H2,1-2H3. The zero-order chi connectivity index (χ0) is 15.5. The highest BCUT2D eigenvalue weighted by Crippen LogP contribution is 2.36. The average molecular weight is 300 g/mol. The molecule has 0 bridgehead atoms. The molecule has 2 unspecified atom stereocenters. The maximum Gasteiger partial charge on any atom is 0.230 e. The third kappa shape index (κ3) is 2.99. The maximum absolute atomic E-state index is 13.2. The minimum absolute atomic E-state index is 0.0225. The van der Waals surface area contributed by atoms with E-state index in [0.717, 1.165) is 18.7 Å². The lowest BCUT2D eigenvalue weighted by molar-refractivity contribution is -0.136. The number of hydrogen-bond acceptors (Lipinski definition) is 2. The molecule has 0 radical (unpaired) electrons. The SMILES string of the molecule is CCN(C(=O)C1CC(C)Nc2ccccc21)C1CCCCC1. The molecular weight excluding hydrogens is 272 g/mol. The van der Waals surface area contributed by atoms with E-state index in [-0.39, 0.29) is 5.92 Å². The van der Waals surface area contributed by atoms with Crippen molar-refractivity contribution in [2.75, 3.05) is 11.9 Å². The molecule has 0 saturated heterocycles. The molecule has 1 aliphatic carbocycles. The van der Waals surface area contributed by atoms with Gasteiger partial charge in [0.25, 0.3) is 0 Å². The van der Waals surface area contributed by atoms with E-state index in [1.807, 2.05) is 12.1 Å². The topological polar surface area (TPSA) is 32.3 Å². The summed E-state index contributed by atoms with van der Waals surface area (Å²) in [6.07, 6.45) is 7.14. The van der Waals surface area contributed by atoms with E-state index in [0.29, 0.717) is 18.0 Å². The lowest BCUT2D eigenvalue weighted by Crippen LogP contribution is -2.45. The van der Waals surface area contributed by atoms with E-state index in [4.69, 9.17) is 0 Å². The first-order chi connectivity index (χ1) is 10.7. The third-order valence-corrected chi connectivity index (χ3v) is 5.26. The second kappa shape index (κ2) is 6.72. The highest BCUT2D eigenvalue weighted by atomic mass is 16.2. The molecule has 1 aromatic carbocycles. The Labute approximate surface area is 134 Å². The number of likely N-dealkylation sites (N-methyl/N-ethyl adjacent to an activating group) is 1. The number of para-hydroxylation sites is 1. The van der Waals surface area contributed by atoms with Gasteiger partial charge in [-0.1, -0.05) is 37.5 Å². The number of anilines is 1. The zero-order valence-electron chi connectivity index (χ0n) is 13.8. The smallest absolute Gasteiger partial charge is 0.230 e.